The number of rotatable bonds is 2. The van der Waals surface area contributed by atoms with Crippen molar-refractivity contribution in [2.75, 3.05) is 20.1 Å². The molecular formula is C12H21N3O. The molecule has 0 radical (unpaired) electrons. The molecule has 0 spiro atoms. The molecule has 16 heavy (non-hydrogen) atoms. The van der Waals surface area contributed by atoms with Crippen LogP contribution in [-0.2, 0) is 13.5 Å². The van der Waals surface area contributed by atoms with Gasteiger partial charge in [-0.25, -0.2) is 0 Å². The fourth-order valence-electron chi connectivity index (χ4n) is 2.65. The maximum atomic E-state index is 10.5. The van der Waals surface area contributed by atoms with E-state index in [9.17, 15) is 5.11 Å². The molecule has 4 heteroatoms. The van der Waals surface area contributed by atoms with Gasteiger partial charge in [-0.1, -0.05) is 0 Å². The van der Waals surface area contributed by atoms with E-state index in [4.69, 9.17) is 0 Å². The van der Waals surface area contributed by atoms with Gasteiger partial charge >= 0.3 is 0 Å². The predicted molar refractivity (Wildman–Crippen MR) is 63.3 cm³/mol. The van der Waals surface area contributed by atoms with Crippen molar-refractivity contribution in [3.05, 3.63) is 17.5 Å². The van der Waals surface area contributed by atoms with Gasteiger partial charge in [-0.2, -0.15) is 5.10 Å². The van der Waals surface area contributed by atoms with Gasteiger partial charge in [0.05, 0.1) is 11.3 Å². The van der Waals surface area contributed by atoms with Gasteiger partial charge in [0.1, 0.15) is 0 Å². The van der Waals surface area contributed by atoms with Crippen molar-refractivity contribution in [3.63, 3.8) is 0 Å². The minimum atomic E-state index is -0.576. The van der Waals surface area contributed by atoms with E-state index in [1.165, 1.54) is 0 Å². The number of hydrogen-bond acceptors (Lipinski definition) is 3. The Kier molecular flexibility index (Phi) is 3.04. The highest BCUT2D eigenvalue weighted by atomic mass is 16.3. The number of piperidine rings is 1. The van der Waals surface area contributed by atoms with E-state index in [-0.39, 0.29) is 0 Å². The van der Waals surface area contributed by atoms with Crippen LogP contribution in [0.25, 0.3) is 0 Å². The molecule has 0 saturated carbocycles. The average molecular weight is 223 g/mol. The number of likely N-dealkylation sites (tertiary alicyclic amines) is 1. The Morgan fingerprint density at radius 3 is 2.81 bits per heavy atom. The van der Waals surface area contributed by atoms with E-state index in [1.807, 2.05) is 18.7 Å². The van der Waals surface area contributed by atoms with Crippen LogP contribution in [0.1, 0.15) is 24.2 Å². The van der Waals surface area contributed by atoms with Crippen LogP contribution in [0.2, 0.25) is 0 Å². The summed E-state index contributed by atoms with van der Waals surface area (Å²) in [6, 6.07) is 2.06. The van der Waals surface area contributed by atoms with Crippen LogP contribution in [0.3, 0.4) is 0 Å². The molecule has 4 nitrogen and oxygen atoms in total. The Balaban J connectivity index is 2.10. The number of aryl methyl sites for hydroxylation is 2. The topological polar surface area (TPSA) is 41.3 Å². The van der Waals surface area contributed by atoms with Gasteiger partial charge in [0, 0.05) is 25.7 Å². The summed E-state index contributed by atoms with van der Waals surface area (Å²) in [6.45, 7) is 3.84. The molecule has 1 unspecified atom stereocenters. The smallest absolute Gasteiger partial charge is 0.0829 e. The SMILES string of the molecule is Cc1cc(CC2(O)CCCN(C)C2)n(C)n1. The first-order valence-corrected chi connectivity index (χ1v) is 5.89. The summed E-state index contributed by atoms with van der Waals surface area (Å²) in [5.74, 6) is 0. The van der Waals surface area contributed by atoms with Crippen molar-refractivity contribution in [2.24, 2.45) is 7.05 Å². The standard InChI is InChI=1S/C12H21N3O/c1-10-7-11(15(3)13-10)8-12(16)5-4-6-14(2)9-12/h7,16H,4-6,8-9H2,1-3H3. The number of aliphatic hydroxyl groups is 1. The summed E-state index contributed by atoms with van der Waals surface area (Å²) in [4.78, 5) is 2.20. The van der Waals surface area contributed by atoms with Crippen LogP contribution in [-0.4, -0.2) is 45.5 Å². The lowest BCUT2D eigenvalue weighted by Crippen LogP contribution is -2.48. The van der Waals surface area contributed by atoms with E-state index in [1.54, 1.807) is 0 Å². The molecule has 0 bridgehead atoms. The monoisotopic (exact) mass is 223 g/mol. The first-order chi connectivity index (χ1) is 7.48. The molecule has 1 saturated heterocycles. The zero-order valence-corrected chi connectivity index (χ0v) is 10.4. The predicted octanol–water partition coefficient (Wildman–Crippen LogP) is 0.728. The van der Waals surface area contributed by atoms with Gasteiger partial charge in [-0.15, -0.1) is 0 Å². The molecule has 1 aromatic heterocycles. The van der Waals surface area contributed by atoms with E-state index >= 15 is 0 Å². The molecule has 1 fully saturated rings. The van der Waals surface area contributed by atoms with Crippen LogP contribution in [0.4, 0.5) is 0 Å². The van der Waals surface area contributed by atoms with E-state index in [0.717, 1.165) is 37.3 Å². The van der Waals surface area contributed by atoms with Crippen molar-refractivity contribution in [1.82, 2.24) is 14.7 Å². The molecule has 1 aliphatic rings. The highest BCUT2D eigenvalue weighted by Crippen LogP contribution is 2.24. The highest BCUT2D eigenvalue weighted by molar-refractivity contribution is 5.12. The molecule has 0 amide bonds. The van der Waals surface area contributed by atoms with Gasteiger partial charge in [-0.3, -0.25) is 4.68 Å². The van der Waals surface area contributed by atoms with Gasteiger partial charge in [0.2, 0.25) is 0 Å². The van der Waals surface area contributed by atoms with Crippen LogP contribution in [0.5, 0.6) is 0 Å². The summed E-state index contributed by atoms with van der Waals surface area (Å²) < 4.78 is 1.88. The maximum Gasteiger partial charge on any atom is 0.0829 e. The summed E-state index contributed by atoms with van der Waals surface area (Å²) in [7, 11) is 4.01. The van der Waals surface area contributed by atoms with Gasteiger partial charge in [0.25, 0.3) is 0 Å². The molecule has 90 valence electrons. The molecule has 2 heterocycles. The van der Waals surface area contributed by atoms with Crippen molar-refractivity contribution in [2.45, 2.75) is 31.8 Å². The van der Waals surface area contributed by atoms with Gasteiger partial charge in [0.15, 0.2) is 0 Å². The lowest BCUT2D eigenvalue weighted by molar-refractivity contribution is -0.0236. The third-order valence-corrected chi connectivity index (χ3v) is 3.36. The first-order valence-electron chi connectivity index (χ1n) is 5.89. The largest absolute Gasteiger partial charge is 0.388 e. The molecule has 1 aromatic rings. The number of aromatic nitrogens is 2. The average Bonchev–Trinajstić information content (AvgIpc) is 2.43. The normalized spacial score (nSPS) is 27.2. The van der Waals surface area contributed by atoms with Crippen molar-refractivity contribution >= 4 is 0 Å². The zero-order chi connectivity index (χ0) is 11.8. The molecular weight excluding hydrogens is 202 g/mol. The summed E-state index contributed by atoms with van der Waals surface area (Å²) in [5, 5.41) is 14.9. The molecule has 2 rings (SSSR count). The Morgan fingerprint density at radius 1 is 1.50 bits per heavy atom. The third kappa shape index (κ3) is 2.44. The molecule has 1 atom stereocenters. The minimum Gasteiger partial charge on any atom is -0.388 e. The molecule has 0 aliphatic carbocycles. The highest BCUT2D eigenvalue weighted by Gasteiger charge is 2.32. The van der Waals surface area contributed by atoms with E-state index in [2.05, 4.69) is 23.1 Å². The van der Waals surface area contributed by atoms with Crippen LogP contribution in [0.15, 0.2) is 6.07 Å². The summed E-state index contributed by atoms with van der Waals surface area (Å²) in [5.41, 5.74) is 1.56. The second-order valence-corrected chi connectivity index (χ2v) is 5.14. The van der Waals surface area contributed by atoms with Crippen LogP contribution < -0.4 is 0 Å². The minimum absolute atomic E-state index is 0.576. The van der Waals surface area contributed by atoms with Crippen LogP contribution in [0, 0.1) is 6.92 Å². The maximum absolute atomic E-state index is 10.5. The van der Waals surface area contributed by atoms with Crippen molar-refractivity contribution < 1.29 is 5.11 Å². The Hall–Kier alpha value is -0.870. The molecule has 1 aliphatic heterocycles. The quantitative estimate of drug-likeness (QED) is 0.803. The fraction of sp³-hybridized carbons (Fsp3) is 0.750. The lowest BCUT2D eigenvalue weighted by atomic mass is 9.88. The second-order valence-electron chi connectivity index (χ2n) is 5.14. The number of likely N-dealkylation sites (N-methyl/N-ethyl adjacent to an activating group) is 1. The summed E-state index contributed by atoms with van der Waals surface area (Å²) >= 11 is 0. The third-order valence-electron chi connectivity index (χ3n) is 3.36. The second kappa shape index (κ2) is 4.18. The molecule has 0 aromatic carbocycles. The summed E-state index contributed by atoms with van der Waals surface area (Å²) in [6.07, 6.45) is 2.67. The van der Waals surface area contributed by atoms with Crippen LogP contribution >= 0.6 is 0 Å². The lowest BCUT2D eigenvalue weighted by Gasteiger charge is -2.37. The molecule has 1 N–H and O–H groups in total. The Labute approximate surface area is 96.9 Å². The zero-order valence-electron chi connectivity index (χ0n) is 10.4. The van der Waals surface area contributed by atoms with E-state index < -0.39 is 5.60 Å². The van der Waals surface area contributed by atoms with Gasteiger partial charge in [-0.05, 0) is 39.4 Å². The Bertz CT molecular complexity index is 374. The van der Waals surface area contributed by atoms with E-state index in [0.29, 0.717) is 6.42 Å². The first kappa shape index (κ1) is 11.6. The number of nitrogens with zero attached hydrogens (tertiary/aromatic N) is 3. The van der Waals surface area contributed by atoms with Crippen molar-refractivity contribution in [1.29, 1.82) is 0 Å². The van der Waals surface area contributed by atoms with Gasteiger partial charge < -0.3 is 10.0 Å². The Morgan fingerprint density at radius 2 is 2.25 bits per heavy atom. The fourth-order valence-corrected chi connectivity index (χ4v) is 2.65. The number of hydrogen-bond donors (Lipinski definition) is 1. The van der Waals surface area contributed by atoms with Crippen molar-refractivity contribution in [3.8, 4) is 0 Å². The number of β-amino-alcohol motifs (C(OH)–C–C–N with tert-alkyl or cyclic N) is 1.